The molecule has 2 fully saturated rings. The highest BCUT2D eigenvalue weighted by atomic mass is 16.4. The van der Waals surface area contributed by atoms with Crippen molar-refractivity contribution in [2.75, 3.05) is 13.1 Å². The third-order valence-corrected chi connectivity index (χ3v) is 4.42. The molecule has 1 heterocycles. The zero-order valence-corrected chi connectivity index (χ0v) is 11.4. The Balaban J connectivity index is 1.62. The lowest BCUT2D eigenvalue weighted by Gasteiger charge is -2.31. The van der Waals surface area contributed by atoms with Crippen LogP contribution in [0.25, 0.3) is 0 Å². The van der Waals surface area contributed by atoms with Gasteiger partial charge in [-0.3, -0.25) is 9.59 Å². The van der Waals surface area contributed by atoms with Gasteiger partial charge in [0, 0.05) is 19.0 Å². The molecule has 3 rings (SSSR count). The van der Waals surface area contributed by atoms with Crippen LogP contribution in [0.1, 0.15) is 30.7 Å². The van der Waals surface area contributed by atoms with E-state index in [1.807, 2.05) is 18.2 Å². The Labute approximate surface area is 118 Å². The molecule has 1 amide bonds. The van der Waals surface area contributed by atoms with E-state index >= 15 is 0 Å². The molecule has 0 aromatic heterocycles. The van der Waals surface area contributed by atoms with Crippen molar-refractivity contribution in [2.45, 2.75) is 25.2 Å². The first-order chi connectivity index (χ1) is 9.66. The van der Waals surface area contributed by atoms with Crippen molar-refractivity contribution in [3.05, 3.63) is 35.9 Å². The van der Waals surface area contributed by atoms with E-state index in [9.17, 15) is 9.59 Å². The number of likely N-dealkylation sites (tertiary alicyclic amines) is 1. The van der Waals surface area contributed by atoms with Gasteiger partial charge in [-0.05, 0) is 30.7 Å². The van der Waals surface area contributed by atoms with Crippen LogP contribution >= 0.6 is 0 Å². The summed E-state index contributed by atoms with van der Waals surface area (Å²) in [5, 5.41) is 9.08. The molecular weight excluding hydrogens is 254 g/mol. The fourth-order valence-corrected chi connectivity index (χ4v) is 3.15. The number of amides is 1. The summed E-state index contributed by atoms with van der Waals surface area (Å²) in [7, 11) is 0. The third kappa shape index (κ3) is 2.55. The Morgan fingerprint density at radius 1 is 1.20 bits per heavy atom. The van der Waals surface area contributed by atoms with Crippen LogP contribution in [0.3, 0.4) is 0 Å². The summed E-state index contributed by atoms with van der Waals surface area (Å²) < 4.78 is 0. The van der Waals surface area contributed by atoms with E-state index in [0.29, 0.717) is 25.4 Å². The molecule has 1 saturated heterocycles. The zero-order valence-electron chi connectivity index (χ0n) is 11.4. The Morgan fingerprint density at radius 3 is 2.65 bits per heavy atom. The number of hydrogen-bond acceptors (Lipinski definition) is 2. The predicted molar refractivity (Wildman–Crippen MR) is 74.2 cm³/mol. The van der Waals surface area contributed by atoms with Gasteiger partial charge in [-0.2, -0.15) is 0 Å². The van der Waals surface area contributed by atoms with Gasteiger partial charge in [0.05, 0.1) is 5.92 Å². The molecule has 20 heavy (non-hydrogen) atoms. The summed E-state index contributed by atoms with van der Waals surface area (Å²) in [6.45, 7) is 1.09. The topological polar surface area (TPSA) is 57.6 Å². The molecule has 1 aromatic carbocycles. The monoisotopic (exact) mass is 273 g/mol. The predicted octanol–water partition coefficient (Wildman–Crippen LogP) is 2.11. The third-order valence-electron chi connectivity index (χ3n) is 4.42. The van der Waals surface area contributed by atoms with E-state index in [2.05, 4.69) is 12.1 Å². The number of nitrogens with zero attached hydrogens (tertiary/aromatic N) is 1. The number of rotatable bonds is 3. The first-order valence-corrected chi connectivity index (χ1v) is 7.23. The Kier molecular flexibility index (Phi) is 3.47. The molecule has 0 radical (unpaired) electrons. The minimum Gasteiger partial charge on any atom is -0.481 e. The molecule has 4 heteroatoms. The van der Waals surface area contributed by atoms with Gasteiger partial charge in [-0.15, -0.1) is 0 Å². The van der Waals surface area contributed by atoms with E-state index in [1.165, 1.54) is 5.56 Å². The second kappa shape index (κ2) is 5.27. The van der Waals surface area contributed by atoms with Crippen LogP contribution in [0.15, 0.2) is 30.3 Å². The van der Waals surface area contributed by atoms with E-state index in [4.69, 9.17) is 5.11 Å². The van der Waals surface area contributed by atoms with Gasteiger partial charge in [0.2, 0.25) is 5.91 Å². The van der Waals surface area contributed by atoms with Crippen LogP contribution in [0, 0.1) is 11.8 Å². The largest absolute Gasteiger partial charge is 0.481 e. The molecule has 1 aliphatic heterocycles. The van der Waals surface area contributed by atoms with Gasteiger partial charge in [-0.25, -0.2) is 0 Å². The maximum Gasteiger partial charge on any atom is 0.308 e. The summed E-state index contributed by atoms with van der Waals surface area (Å²) in [6.07, 6.45) is 2.38. The highest BCUT2D eigenvalue weighted by Gasteiger charge is 2.46. The summed E-state index contributed by atoms with van der Waals surface area (Å²) in [5.41, 5.74) is 1.22. The Bertz CT molecular complexity index is 514. The molecule has 1 N–H and O–H groups in total. The van der Waals surface area contributed by atoms with Crippen molar-refractivity contribution in [3.8, 4) is 0 Å². The van der Waals surface area contributed by atoms with Gasteiger partial charge in [0.15, 0.2) is 0 Å². The van der Waals surface area contributed by atoms with Crippen LogP contribution in [0.5, 0.6) is 0 Å². The first kappa shape index (κ1) is 13.2. The number of piperidine rings is 1. The molecule has 0 spiro atoms. The standard InChI is InChI=1S/C16H19NO3/c18-15(17-8-4-7-12(10-17)16(19)20)14-9-13(14)11-5-2-1-3-6-11/h1-3,5-6,12-14H,4,7-10H2,(H,19,20)/t12-,13?,14?/m0/s1. The molecule has 1 saturated carbocycles. The number of carboxylic acids is 1. The summed E-state index contributed by atoms with van der Waals surface area (Å²) >= 11 is 0. The van der Waals surface area contributed by atoms with Crippen LogP contribution in [0.2, 0.25) is 0 Å². The molecule has 1 aliphatic carbocycles. The fourth-order valence-electron chi connectivity index (χ4n) is 3.15. The number of carbonyl (C=O) groups excluding carboxylic acids is 1. The lowest BCUT2D eigenvalue weighted by atomic mass is 9.97. The van der Waals surface area contributed by atoms with Gasteiger partial charge in [-0.1, -0.05) is 30.3 Å². The van der Waals surface area contributed by atoms with E-state index in [-0.39, 0.29) is 17.7 Å². The number of aliphatic carboxylic acids is 1. The lowest BCUT2D eigenvalue weighted by Crippen LogP contribution is -2.43. The number of hydrogen-bond donors (Lipinski definition) is 1. The Morgan fingerprint density at radius 2 is 1.95 bits per heavy atom. The zero-order chi connectivity index (χ0) is 14.1. The second-order valence-corrected chi connectivity index (χ2v) is 5.82. The van der Waals surface area contributed by atoms with E-state index in [0.717, 1.165) is 12.8 Å². The van der Waals surface area contributed by atoms with E-state index in [1.54, 1.807) is 4.90 Å². The highest BCUT2D eigenvalue weighted by Crippen LogP contribution is 2.48. The van der Waals surface area contributed by atoms with Crippen LogP contribution in [0.4, 0.5) is 0 Å². The Hall–Kier alpha value is -1.84. The summed E-state index contributed by atoms with van der Waals surface area (Å²) in [6, 6.07) is 10.1. The van der Waals surface area contributed by atoms with Crippen molar-refractivity contribution in [1.29, 1.82) is 0 Å². The van der Waals surface area contributed by atoms with Crippen LogP contribution < -0.4 is 0 Å². The smallest absolute Gasteiger partial charge is 0.308 e. The maximum atomic E-state index is 12.4. The number of benzene rings is 1. The van der Waals surface area contributed by atoms with Gasteiger partial charge >= 0.3 is 5.97 Å². The molecule has 4 nitrogen and oxygen atoms in total. The first-order valence-electron chi connectivity index (χ1n) is 7.23. The lowest BCUT2D eigenvalue weighted by molar-refractivity contribution is -0.146. The highest BCUT2D eigenvalue weighted by molar-refractivity contribution is 5.84. The summed E-state index contributed by atoms with van der Waals surface area (Å²) in [5.74, 6) is -0.636. The second-order valence-electron chi connectivity index (χ2n) is 5.82. The van der Waals surface area contributed by atoms with Crippen molar-refractivity contribution in [3.63, 3.8) is 0 Å². The molecular formula is C16H19NO3. The van der Waals surface area contributed by atoms with E-state index < -0.39 is 5.97 Å². The van der Waals surface area contributed by atoms with Crippen molar-refractivity contribution in [1.82, 2.24) is 4.90 Å². The minimum atomic E-state index is -0.780. The molecule has 2 aliphatic rings. The average molecular weight is 273 g/mol. The van der Waals surface area contributed by atoms with Crippen molar-refractivity contribution >= 4 is 11.9 Å². The maximum absolute atomic E-state index is 12.4. The fraction of sp³-hybridized carbons (Fsp3) is 0.500. The van der Waals surface area contributed by atoms with Crippen LogP contribution in [-0.4, -0.2) is 35.0 Å². The SMILES string of the molecule is O=C(O)[C@H]1CCCN(C(=O)C2CC2c2ccccc2)C1. The number of carbonyl (C=O) groups is 2. The van der Waals surface area contributed by atoms with Gasteiger partial charge < -0.3 is 10.0 Å². The number of carboxylic acid groups (broad SMARTS) is 1. The average Bonchev–Trinajstić information content (AvgIpc) is 3.28. The molecule has 1 aromatic rings. The molecule has 3 atom stereocenters. The summed E-state index contributed by atoms with van der Waals surface area (Å²) in [4.78, 5) is 25.3. The quantitative estimate of drug-likeness (QED) is 0.917. The van der Waals surface area contributed by atoms with Gasteiger partial charge in [0.1, 0.15) is 0 Å². The minimum absolute atomic E-state index is 0.0601. The van der Waals surface area contributed by atoms with Crippen LogP contribution in [-0.2, 0) is 9.59 Å². The van der Waals surface area contributed by atoms with Crippen molar-refractivity contribution in [2.24, 2.45) is 11.8 Å². The van der Waals surface area contributed by atoms with Crippen molar-refractivity contribution < 1.29 is 14.7 Å². The normalized spacial score (nSPS) is 29.0. The molecule has 106 valence electrons. The molecule has 2 unspecified atom stereocenters. The van der Waals surface area contributed by atoms with Gasteiger partial charge in [0.25, 0.3) is 0 Å². The molecule has 0 bridgehead atoms.